The van der Waals surface area contributed by atoms with Crippen LogP contribution in [-0.2, 0) is 24.8 Å². The molecule has 1 aromatic heterocycles. The molecule has 0 aliphatic carbocycles. The maximum absolute atomic E-state index is 13.6. The van der Waals surface area contributed by atoms with E-state index >= 15 is 0 Å². The van der Waals surface area contributed by atoms with Crippen molar-refractivity contribution in [2.45, 2.75) is 72.3 Å². The number of hydrogen-bond acceptors (Lipinski definition) is 4. The summed E-state index contributed by atoms with van der Waals surface area (Å²) in [5, 5.41) is 4.98. The van der Waals surface area contributed by atoms with Gasteiger partial charge in [0.15, 0.2) is 0 Å². The Bertz CT molecular complexity index is 1040. The van der Waals surface area contributed by atoms with Crippen LogP contribution < -0.4 is 15.8 Å². The van der Waals surface area contributed by atoms with E-state index in [2.05, 4.69) is 50.9 Å². The van der Waals surface area contributed by atoms with Crippen molar-refractivity contribution in [2.24, 2.45) is 11.3 Å². The second-order valence-corrected chi connectivity index (χ2v) is 10.6. The Labute approximate surface area is 173 Å². The molecule has 3 aliphatic heterocycles. The first-order chi connectivity index (χ1) is 13.8. The van der Waals surface area contributed by atoms with Crippen LogP contribution >= 0.6 is 0 Å². The molecule has 2 aromatic rings. The summed E-state index contributed by atoms with van der Waals surface area (Å²) < 4.78 is 6.21. The fraction of sp³-hybridized carbons (Fsp3) is 0.640. The van der Waals surface area contributed by atoms with E-state index in [9.17, 15) is 4.79 Å². The third-order valence-electron chi connectivity index (χ3n) is 7.72. The Morgan fingerprint density at radius 3 is 2.52 bits per heavy atom. The van der Waals surface area contributed by atoms with Crippen molar-refractivity contribution in [3.63, 3.8) is 0 Å². The zero-order valence-electron chi connectivity index (χ0n) is 18.6. The highest BCUT2D eigenvalue weighted by Gasteiger charge is 2.51. The van der Waals surface area contributed by atoms with Crippen LogP contribution in [-0.4, -0.2) is 19.6 Å². The minimum atomic E-state index is -0.380. The predicted octanol–water partition coefficient (Wildman–Crippen LogP) is 4.53. The van der Waals surface area contributed by atoms with Crippen molar-refractivity contribution >= 4 is 16.7 Å². The Morgan fingerprint density at radius 1 is 1.10 bits per heavy atom. The normalized spacial score (nSPS) is 24.0. The SMILES string of the molecule is CC(C)[C@@]1(C(C)(C)C)NCCc2c1c(=O)oc1c3c4c(cc21)CCCN4CCC3. The molecule has 1 N–H and O–H groups in total. The second kappa shape index (κ2) is 6.34. The molecule has 5 rings (SSSR count). The lowest BCUT2D eigenvalue weighted by Gasteiger charge is -2.51. The number of nitrogens with zero attached hydrogens (tertiary/aromatic N) is 1. The minimum absolute atomic E-state index is 0.0992. The van der Waals surface area contributed by atoms with Gasteiger partial charge < -0.3 is 14.6 Å². The van der Waals surface area contributed by atoms with Gasteiger partial charge in [-0.2, -0.15) is 0 Å². The lowest BCUT2D eigenvalue weighted by atomic mass is 9.61. The predicted molar refractivity (Wildman–Crippen MR) is 119 cm³/mol. The van der Waals surface area contributed by atoms with Crippen LogP contribution in [0.3, 0.4) is 0 Å². The average Bonchev–Trinajstić information content (AvgIpc) is 2.68. The van der Waals surface area contributed by atoms with Crippen LogP contribution in [0.15, 0.2) is 15.3 Å². The molecule has 29 heavy (non-hydrogen) atoms. The van der Waals surface area contributed by atoms with Crippen molar-refractivity contribution < 1.29 is 4.42 Å². The summed E-state index contributed by atoms with van der Waals surface area (Å²) in [5.41, 5.74) is 6.49. The number of fused-ring (bicyclic) bond motifs is 4. The van der Waals surface area contributed by atoms with E-state index in [1.807, 2.05) is 0 Å². The Kier molecular flexibility index (Phi) is 4.19. The van der Waals surface area contributed by atoms with Gasteiger partial charge in [0.2, 0.25) is 0 Å². The van der Waals surface area contributed by atoms with E-state index in [-0.39, 0.29) is 22.5 Å². The summed E-state index contributed by atoms with van der Waals surface area (Å²) in [6, 6.07) is 2.37. The fourth-order valence-corrected chi connectivity index (χ4v) is 6.70. The lowest BCUT2D eigenvalue weighted by Crippen LogP contribution is -2.61. The summed E-state index contributed by atoms with van der Waals surface area (Å²) in [6.07, 6.45) is 5.41. The average molecular weight is 395 g/mol. The monoisotopic (exact) mass is 394 g/mol. The zero-order valence-corrected chi connectivity index (χ0v) is 18.6. The van der Waals surface area contributed by atoms with Gasteiger partial charge in [0.25, 0.3) is 0 Å². The van der Waals surface area contributed by atoms with Gasteiger partial charge in [-0.05, 0) is 60.6 Å². The van der Waals surface area contributed by atoms with Crippen LogP contribution in [0.4, 0.5) is 5.69 Å². The van der Waals surface area contributed by atoms with E-state index in [0.29, 0.717) is 0 Å². The van der Waals surface area contributed by atoms with E-state index in [0.717, 1.165) is 56.5 Å². The van der Waals surface area contributed by atoms with Crippen molar-refractivity contribution in [1.29, 1.82) is 0 Å². The molecule has 4 nitrogen and oxygen atoms in total. The van der Waals surface area contributed by atoms with Gasteiger partial charge in [-0.15, -0.1) is 0 Å². The number of hydrogen-bond donors (Lipinski definition) is 1. The van der Waals surface area contributed by atoms with Crippen molar-refractivity contribution in [1.82, 2.24) is 5.32 Å². The highest BCUT2D eigenvalue weighted by molar-refractivity contribution is 5.91. The number of nitrogens with one attached hydrogen (secondary N) is 1. The Morgan fingerprint density at radius 2 is 1.83 bits per heavy atom. The smallest absolute Gasteiger partial charge is 0.341 e. The third kappa shape index (κ3) is 2.51. The van der Waals surface area contributed by atoms with Crippen LogP contribution in [0.25, 0.3) is 11.0 Å². The molecule has 4 heterocycles. The van der Waals surface area contributed by atoms with Crippen molar-refractivity contribution in [3.8, 4) is 0 Å². The van der Waals surface area contributed by atoms with Crippen molar-refractivity contribution in [3.05, 3.63) is 38.7 Å². The summed E-state index contributed by atoms with van der Waals surface area (Å²) in [4.78, 5) is 16.1. The van der Waals surface area contributed by atoms with Gasteiger partial charge in [0.1, 0.15) is 5.58 Å². The summed E-state index contributed by atoms with van der Waals surface area (Å²) in [7, 11) is 0. The molecule has 0 fully saturated rings. The van der Waals surface area contributed by atoms with E-state index < -0.39 is 0 Å². The Hall–Kier alpha value is -1.81. The highest BCUT2D eigenvalue weighted by Crippen LogP contribution is 2.49. The van der Waals surface area contributed by atoms with Crippen LogP contribution in [0, 0.1) is 11.3 Å². The third-order valence-corrected chi connectivity index (χ3v) is 7.72. The number of benzene rings is 1. The maximum atomic E-state index is 13.6. The van der Waals surface area contributed by atoms with E-state index in [1.165, 1.54) is 34.2 Å². The topological polar surface area (TPSA) is 45.5 Å². The van der Waals surface area contributed by atoms with Crippen molar-refractivity contribution in [2.75, 3.05) is 24.5 Å². The molecule has 1 atom stereocenters. The quantitative estimate of drug-likeness (QED) is 0.722. The first-order valence-electron chi connectivity index (χ1n) is 11.4. The number of anilines is 1. The van der Waals surface area contributed by atoms with E-state index in [1.54, 1.807) is 0 Å². The first kappa shape index (κ1) is 19.2. The van der Waals surface area contributed by atoms with Gasteiger partial charge in [-0.3, -0.25) is 0 Å². The number of aryl methyl sites for hydroxylation is 2. The van der Waals surface area contributed by atoms with E-state index in [4.69, 9.17) is 4.42 Å². The van der Waals surface area contributed by atoms with Gasteiger partial charge in [0.05, 0.1) is 11.1 Å². The second-order valence-electron chi connectivity index (χ2n) is 10.6. The molecule has 0 unspecified atom stereocenters. The molecule has 0 radical (unpaired) electrons. The molecule has 3 aliphatic rings. The Balaban J connectivity index is 1.88. The summed E-state index contributed by atoms with van der Waals surface area (Å²) in [5.74, 6) is 0.286. The molecule has 156 valence electrons. The maximum Gasteiger partial charge on any atom is 0.341 e. The molecular weight excluding hydrogens is 360 g/mol. The fourth-order valence-electron chi connectivity index (χ4n) is 6.70. The van der Waals surface area contributed by atoms with Gasteiger partial charge in [0, 0.05) is 36.3 Å². The van der Waals surface area contributed by atoms with Crippen LogP contribution in [0.5, 0.6) is 0 Å². The highest BCUT2D eigenvalue weighted by atomic mass is 16.4. The molecule has 4 heteroatoms. The molecule has 1 aromatic carbocycles. The zero-order chi connectivity index (χ0) is 20.6. The van der Waals surface area contributed by atoms with Gasteiger partial charge in [-0.1, -0.05) is 34.6 Å². The summed E-state index contributed by atoms with van der Waals surface area (Å²) >= 11 is 0. The van der Waals surface area contributed by atoms with Crippen LogP contribution in [0.2, 0.25) is 0 Å². The molecule has 0 spiro atoms. The first-order valence-corrected chi connectivity index (χ1v) is 11.4. The molecule has 0 saturated carbocycles. The molecule has 0 saturated heterocycles. The van der Waals surface area contributed by atoms with Gasteiger partial charge >= 0.3 is 5.63 Å². The van der Waals surface area contributed by atoms with Crippen LogP contribution in [0.1, 0.15) is 69.7 Å². The molecule has 0 bridgehead atoms. The van der Waals surface area contributed by atoms with Gasteiger partial charge in [-0.25, -0.2) is 4.79 Å². The largest absolute Gasteiger partial charge is 0.422 e. The summed E-state index contributed by atoms with van der Waals surface area (Å²) in [6.45, 7) is 14.3. The molecular formula is C25H34N2O2. The molecule has 0 amide bonds. The number of rotatable bonds is 1. The standard InChI is InChI=1S/C25H34N2O2/c1-15(2)25(24(3,4)5)20-17(10-11-26-25)19-14-16-8-6-12-27-13-7-9-18(21(16)27)22(19)29-23(20)28/h14-15,26H,6-13H2,1-5H3/t25-/m1/s1. The minimum Gasteiger partial charge on any atom is -0.422 e. The lowest BCUT2D eigenvalue weighted by molar-refractivity contribution is 0.0699.